The summed E-state index contributed by atoms with van der Waals surface area (Å²) in [5, 5.41) is 0. The Labute approximate surface area is 500 Å². The Balaban J connectivity index is 0. The quantitative estimate of drug-likeness (QED) is 0.0450. The summed E-state index contributed by atoms with van der Waals surface area (Å²) in [6, 6.07) is 0. The van der Waals surface area contributed by atoms with Gasteiger partial charge < -0.3 is 17.0 Å². The predicted octanol–water partition coefficient (Wildman–Crippen LogP) is 22.0. The summed E-state index contributed by atoms with van der Waals surface area (Å²) in [5.41, 5.74) is 0. The van der Waals surface area contributed by atoms with Gasteiger partial charge in [-0.15, -0.1) is 0 Å². The Kier molecular flexibility index (Phi) is 66.3. The van der Waals surface area contributed by atoms with Crippen molar-refractivity contribution in [2.75, 3.05) is 0 Å². The van der Waals surface area contributed by atoms with E-state index in [1.54, 1.807) is 0 Å². The molecule has 0 aromatic carbocycles. The molecular formula is C72H140BrNO4. The van der Waals surface area contributed by atoms with Crippen molar-refractivity contribution in [1.29, 1.82) is 0 Å². The van der Waals surface area contributed by atoms with Crippen LogP contribution in [0.25, 0.3) is 0 Å². The van der Waals surface area contributed by atoms with Crippen LogP contribution in [-0.4, -0.2) is 28.1 Å². The fraction of sp³-hybridized carbons (Fsp3) is 0.944. The molecular weight excluding hydrogens is 1020 g/mol. The Morgan fingerprint density at radius 3 is 0.359 bits per heavy atom. The third-order valence-electron chi connectivity index (χ3n) is 17.5. The van der Waals surface area contributed by atoms with Gasteiger partial charge in [0.1, 0.15) is 0 Å². The lowest BCUT2D eigenvalue weighted by Gasteiger charge is -2.29. The Bertz CT molecular complexity index is 1060. The van der Waals surface area contributed by atoms with Crippen molar-refractivity contribution >= 4 is 23.6 Å². The molecule has 0 saturated carbocycles. The highest BCUT2D eigenvalue weighted by Crippen LogP contribution is 2.27. The van der Waals surface area contributed by atoms with E-state index in [-0.39, 0.29) is 42.7 Å². The molecule has 0 bridgehead atoms. The van der Waals surface area contributed by atoms with Gasteiger partial charge in [-0.2, -0.15) is 0 Å². The van der Waals surface area contributed by atoms with Crippen LogP contribution >= 0.6 is 0 Å². The van der Waals surface area contributed by atoms with Gasteiger partial charge >= 0.3 is 23.6 Å². The van der Waals surface area contributed by atoms with Crippen LogP contribution in [0.3, 0.4) is 0 Å². The highest BCUT2D eigenvalue weighted by atomic mass is 79.9. The lowest BCUT2D eigenvalue weighted by atomic mass is 10.0. The molecule has 0 unspecified atom stereocenters. The SMILES string of the molecule is CCCCCCCCCCCCCCCCCC(=O)[N+](C(=O)CCCCCCCCCCCCCCCCC)(C(=O)CCCCCCCCCCCCCCCCC)C(=O)CCCCCCCCCCCCCCCCC.[Br-]. The van der Waals surface area contributed by atoms with E-state index in [9.17, 15) is 19.2 Å². The molecule has 0 aliphatic carbocycles. The van der Waals surface area contributed by atoms with Gasteiger partial charge in [0.2, 0.25) is 0 Å². The van der Waals surface area contributed by atoms with E-state index in [0.717, 1.165) is 51.4 Å². The third kappa shape index (κ3) is 49.7. The number of rotatable bonds is 64. The maximum Gasteiger partial charge on any atom is 0.336 e. The maximum absolute atomic E-state index is 14.7. The smallest absolute Gasteiger partial charge is 0.336 e. The molecule has 0 aromatic rings. The minimum absolute atomic E-state index is 0. The lowest BCUT2D eigenvalue weighted by Crippen LogP contribution is -3.00. The number of halogens is 1. The molecule has 0 aliphatic heterocycles. The molecule has 6 heteroatoms. The van der Waals surface area contributed by atoms with E-state index in [0.29, 0.717) is 25.7 Å². The second-order valence-corrected chi connectivity index (χ2v) is 25.0. The van der Waals surface area contributed by atoms with Crippen LogP contribution in [0.4, 0.5) is 0 Å². The number of carbonyl (C=O) groups excluding carboxylic acids is 4. The molecule has 464 valence electrons. The second kappa shape index (κ2) is 65.3. The van der Waals surface area contributed by atoms with E-state index >= 15 is 0 Å². The topological polar surface area (TPSA) is 68.3 Å². The first-order valence-corrected chi connectivity index (χ1v) is 36.0. The molecule has 0 radical (unpaired) electrons. The minimum atomic E-state index is -1.12. The zero-order valence-electron chi connectivity index (χ0n) is 53.7. The third-order valence-corrected chi connectivity index (χ3v) is 17.5. The van der Waals surface area contributed by atoms with Gasteiger partial charge in [0.15, 0.2) is 0 Å². The molecule has 0 rings (SSSR count). The number of amides is 4. The summed E-state index contributed by atoms with van der Waals surface area (Å²) in [4.78, 5) is 58.9. The van der Waals surface area contributed by atoms with Crippen LogP contribution in [-0.2, 0) is 19.2 Å². The summed E-state index contributed by atoms with van der Waals surface area (Å²) < 4.78 is -1.12. The average Bonchev–Trinajstić information content (AvgIpc) is 3.44. The molecule has 0 aliphatic rings. The summed E-state index contributed by atoms with van der Waals surface area (Å²) in [6.07, 6.45) is 75.0. The van der Waals surface area contributed by atoms with Gasteiger partial charge in [0.25, 0.3) is 0 Å². The fourth-order valence-corrected chi connectivity index (χ4v) is 12.1. The van der Waals surface area contributed by atoms with E-state index < -0.39 is 28.1 Å². The van der Waals surface area contributed by atoms with Crippen molar-refractivity contribution in [1.82, 2.24) is 0 Å². The van der Waals surface area contributed by atoms with Gasteiger partial charge in [-0.3, -0.25) is 0 Å². The molecule has 78 heavy (non-hydrogen) atoms. The highest BCUT2D eigenvalue weighted by Gasteiger charge is 2.55. The monoisotopic (exact) mass is 1160 g/mol. The molecule has 0 heterocycles. The zero-order chi connectivity index (χ0) is 56.1. The van der Waals surface area contributed by atoms with Crippen LogP contribution in [0.15, 0.2) is 0 Å². The van der Waals surface area contributed by atoms with Crippen LogP contribution < -0.4 is 17.0 Å². The zero-order valence-corrected chi connectivity index (χ0v) is 55.3. The standard InChI is InChI=1S/C72H140NO4.BrH/c1-5-9-13-17-21-25-29-33-37-41-45-49-53-57-61-65-69(74)73(70(75)66-62-58-54-50-46-42-38-34-30-26-22-18-14-10-6-2,71(76)67-63-59-55-51-47-43-39-35-31-27-23-19-15-11-7-3)72(77)68-64-60-56-52-48-44-40-36-32-28-24-20-16-12-8-4;/h5-68H2,1-4H3;1H/q+1;/p-1. The minimum Gasteiger partial charge on any atom is -1.00 e. The molecule has 4 amide bonds. The first-order valence-electron chi connectivity index (χ1n) is 36.0. The number of imide groups is 6. The fourth-order valence-electron chi connectivity index (χ4n) is 12.1. The summed E-state index contributed by atoms with van der Waals surface area (Å²) in [6.45, 7) is 9.13. The number of unbranched alkanes of at least 4 members (excludes halogenated alkanes) is 56. The van der Waals surface area contributed by atoms with Crippen molar-refractivity contribution in [2.24, 2.45) is 0 Å². The van der Waals surface area contributed by atoms with E-state index in [4.69, 9.17) is 0 Å². The lowest BCUT2D eigenvalue weighted by molar-refractivity contribution is -0.629. The first kappa shape index (κ1) is 79.2. The van der Waals surface area contributed by atoms with Crippen LogP contribution in [0.1, 0.15) is 439 Å². The molecule has 0 spiro atoms. The molecule has 0 atom stereocenters. The van der Waals surface area contributed by atoms with Crippen LogP contribution in [0, 0.1) is 0 Å². The Morgan fingerprint density at radius 2 is 0.256 bits per heavy atom. The summed E-state index contributed by atoms with van der Waals surface area (Å²) >= 11 is 0. The van der Waals surface area contributed by atoms with E-state index in [1.165, 1.54) is 308 Å². The molecule has 0 saturated heterocycles. The number of carbonyl (C=O) groups is 4. The number of quaternary nitrogens is 1. The van der Waals surface area contributed by atoms with Crippen molar-refractivity contribution in [3.05, 3.63) is 0 Å². The molecule has 0 fully saturated rings. The first-order chi connectivity index (χ1) is 37.9. The number of nitrogens with zero attached hydrogens (tertiary/aromatic N) is 1. The highest BCUT2D eigenvalue weighted by molar-refractivity contribution is 6.09. The van der Waals surface area contributed by atoms with Crippen molar-refractivity contribution in [3.63, 3.8) is 0 Å². The number of hydrogen-bond acceptors (Lipinski definition) is 4. The largest absolute Gasteiger partial charge is 1.00 e. The molecule has 0 aromatic heterocycles. The Morgan fingerprint density at radius 1 is 0.167 bits per heavy atom. The predicted molar refractivity (Wildman–Crippen MR) is 338 cm³/mol. The van der Waals surface area contributed by atoms with Crippen LogP contribution in [0.2, 0.25) is 0 Å². The van der Waals surface area contributed by atoms with Gasteiger partial charge in [0, 0.05) is 0 Å². The second-order valence-electron chi connectivity index (χ2n) is 25.0. The van der Waals surface area contributed by atoms with E-state index in [1.807, 2.05) is 0 Å². The van der Waals surface area contributed by atoms with Gasteiger partial charge in [-0.1, -0.05) is 392 Å². The maximum atomic E-state index is 14.7. The average molecular weight is 1160 g/mol. The summed E-state index contributed by atoms with van der Waals surface area (Å²) in [7, 11) is 0. The molecule has 5 nitrogen and oxygen atoms in total. The van der Waals surface area contributed by atoms with Crippen molar-refractivity contribution < 1.29 is 40.6 Å². The van der Waals surface area contributed by atoms with E-state index in [2.05, 4.69) is 27.7 Å². The van der Waals surface area contributed by atoms with Gasteiger partial charge in [-0.25, -0.2) is 19.2 Å². The summed E-state index contributed by atoms with van der Waals surface area (Å²) in [5.74, 6) is -1.66. The van der Waals surface area contributed by atoms with Crippen LogP contribution in [0.5, 0.6) is 0 Å². The molecule has 0 N–H and O–H groups in total. The normalized spacial score (nSPS) is 11.6. The number of hydrogen-bond donors (Lipinski definition) is 0. The van der Waals surface area contributed by atoms with Crippen molar-refractivity contribution in [2.45, 2.75) is 439 Å². The van der Waals surface area contributed by atoms with Gasteiger partial charge in [0.05, 0.1) is 25.7 Å². The van der Waals surface area contributed by atoms with Crippen molar-refractivity contribution in [3.8, 4) is 0 Å². The Hall–Kier alpha value is -0.880. The van der Waals surface area contributed by atoms with Gasteiger partial charge in [-0.05, 0) is 25.7 Å².